The van der Waals surface area contributed by atoms with Crippen LogP contribution in [0, 0.1) is 0 Å². The van der Waals surface area contributed by atoms with Crippen LogP contribution >= 0.6 is 11.3 Å². The largest absolute Gasteiger partial charge is 0.316 e. The second kappa shape index (κ2) is 7.89. The van der Waals surface area contributed by atoms with E-state index >= 15 is 0 Å². The number of nitrogens with zero attached hydrogens (tertiary/aromatic N) is 3. The molecule has 0 saturated carbocycles. The lowest BCUT2D eigenvalue weighted by Crippen LogP contribution is -2.40. The number of likely N-dealkylation sites (tertiary alicyclic amines) is 1. The zero-order chi connectivity index (χ0) is 17.9. The minimum absolute atomic E-state index is 0.244. The van der Waals surface area contributed by atoms with E-state index in [1.54, 1.807) is 11.3 Å². The minimum atomic E-state index is 0.244. The van der Waals surface area contributed by atoms with Crippen LogP contribution in [0.5, 0.6) is 0 Å². The van der Waals surface area contributed by atoms with Crippen molar-refractivity contribution in [3.8, 4) is 0 Å². The zero-order valence-corrected chi connectivity index (χ0v) is 16.3. The molecule has 1 amide bonds. The molecule has 2 heterocycles. The molecule has 1 aliphatic heterocycles. The number of fused-ring (bicyclic) bond motifs is 1. The Morgan fingerprint density at radius 2 is 2.19 bits per heavy atom. The Hall–Kier alpha value is -1.72. The first kappa shape index (κ1) is 17.7. The molecule has 4 nitrogen and oxygen atoms in total. The fraction of sp³-hybridized carbons (Fsp3) is 0.524. The van der Waals surface area contributed by atoms with E-state index in [4.69, 9.17) is 4.98 Å². The van der Waals surface area contributed by atoms with Crippen LogP contribution in [-0.2, 0) is 4.79 Å². The van der Waals surface area contributed by atoms with Gasteiger partial charge in [-0.2, -0.15) is 0 Å². The van der Waals surface area contributed by atoms with Crippen LogP contribution in [0.25, 0.3) is 10.2 Å². The summed E-state index contributed by atoms with van der Waals surface area (Å²) in [4.78, 5) is 22.2. The van der Waals surface area contributed by atoms with E-state index in [1.807, 2.05) is 11.0 Å². The number of carbonyl (C=O) groups excluding carboxylic acids is 1. The second-order valence-electron chi connectivity index (χ2n) is 7.23. The molecule has 5 heteroatoms. The summed E-state index contributed by atoms with van der Waals surface area (Å²) >= 11 is 1.78. The molecule has 1 fully saturated rings. The van der Waals surface area contributed by atoms with Crippen molar-refractivity contribution in [2.45, 2.75) is 51.5 Å². The molecule has 1 saturated heterocycles. The molecule has 26 heavy (non-hydrogen) atoms. The van der Waals surface area contributed by atoms with Crippen molar-refractivity contribution in [1.82, 2.24) is 14.8 Å². The predicted molar refractivity (Wildman–Crippen MR) is 107 cm³/mol. The fourth-order valence-corrected chi connectivity index (χ4v) is 5.33. The molecule has 1 aliphatic carbocycles. The number of allylic oxidation sites excluding steroid dienone is 2. The predicted octanol–water partition coefficient (Wildman–Crippen LogP) is 4.74. The van der Waals surface area contributed by atoms with Crippen molar-refractivity contribution in [2.24, 2.45) is 0 Å². The summed E-state index contributed by atoms with van der Waals surface area (Å²) in [5, 5.41) is 1.16. The van der Waals surface area contributed by atoms with E-state index in [-0.39, 0.29) is 11.9 Å². The molecule has 1 aromatic carbocycles. The molecule has 2 aliphatic rings. The lowest BCUT2D eigenvalue weighted by molar-refractivity contribution is -0.130. The van der Waals surface area contributed by atoms with Gasteiger partial charge in [-0.3, -0.25) is 9.69 Å². The van der Waals surface area contributed by atoms with Gasteiger partial charge in [0.15, 0.2) is 0 Å². The molecular formula is C21H27N3OS. The molecule has 138 valence electrons. The van der Waals surface area contributed by atoms with Gasteiger partial charge in [0.1, 0.15) is 5.01 Å². The van der Waals surface area contributed by atoms with Gasteiger partial charge in [0.05, 0.1) is 22.8 Å². The monoisotopic (exact) mass is 369 g/mol. The van der Waals surface area contributed by atoms with Crippen LogP contribution < -0.4 is 0 Å². The first-order chi connectivity index (χ1) is 12.8. The molecule has 0 spiro atoms. The Bertz CT molecular complexity index is 779. The van der Waals surface area contributed by atoms with Gasteiger partial charge in [0.25, 0.3) is 0 Å². The summed E-state index contributed by atoms with van der Waals surface area (Å²) in [5.41, 5.74) is 2.31. The molecule has 0 N–H and O–H groups in total. The topological polar surface area (TPSA) is 36.4 Å². The summed E-state index contributed by atoms with van der Waals surface area (Å²) in [6.07, 6.45) is 9.11. The molecule has 4 rings (SSSR count). The van der Waals surface area contributed by atoms with Gasteiger partial charge in [-0.15, -0.1) is 11.3 Å². The molecule has 1 unspecified atom stereocenters. The minimum Gasteiger partial charge on any atom is -0.316 e. The highest BCUT2D eigenvalue weighted by atomic mass is 32.1. The molecule has 0 radical (unpaired) electrons. The number of para-hydroxylation sites is 1. The highest BCUT2D eigenvalue weighted by Gasteiger charge is 2.31. The van der Waals surface area contributed by atoms with E-state index in [2.05, 4.69) is 36.1 Å². The van der Waals surface area contributed by atoms with Crippen molar-refractivity contribution >= 4 is 27.5 Å². The Labute approximate surface area is 159 Å². The van der Waals surface area contributed by atoms with Gasteiger partial charge < -0.3 is 4.90 Å². The average molecular weight is 370 g/mol. The maximum absolute atomic E-state index is 13.0. The van der Waals surface area contributed by atoms with Crippen LogP contribution in [0.3, 0.4) is 0 Å². The zero-order valence-electron chi connectivity index (χ0n) is 15.5. The first-order valence-corrected chi connectivity index (χ1v) is 10.7. The van der Waals surface area contributed by atoms with Crippen LogP contribution in [0.2, 0.25) is 0 Å². The smallest absolute Gasteiger partial charge is 0.240 e. The normalized spacial score (nSPS) is 21.1. The number of rotatable bonds is 5. The lowest BCUT2D eigenvalue weighted by Gasteiger charge is -2.30. The summed E-state index contributed by atoms with van der Waals surface area (Å²) in [6, 6.07) is 8.61. The SMILES string of the molecule is CCN(C(=O)CN1CCCC1c1nc2ccccc2s1)C1=CCCCC1. The second-order valence-corrected chi connectivity index (χ2v) is 8.29. The third kappa shape index (κ3) is 3.55. The molecular weight excluding hydrogens is 342 g/mol. The Morgan fingerprint density at radius 3 is 2.96 bits per heavy atom. The number of thiazole rings is 1. The molecule has 1 atom stereocenters. The molecule has 0 bridgehead atoms. The van der Waals surface area contributed by atoms with Crippen molar-refractivity contribution < 1.29 is 4.79 Å². The Morgan fingerprint density at radius 1 is 1.31 bits per heavy atom. The summed E-state index contributed by atoms with van der Waals surface area (Å²) in [5.74, 6) is 0.244. The highest BCUT2D eigenvalue weighted by molar-refractivity contribution is 7.18. The number of hydrogen-bond acceptors (Lipinski definition) is 4. The van der Waals surface area contributed by atoms with Gasteiger partial charge in [0.2, 0.25) is 5.91 Å². The number of amides is 1. The summed E-state index contributed by atoms with van der Waals surface area (Å²) < 4.78 is 1.24. The van der Waals surface area contributed by atoms with Crippen molar-refractivity contribution in [3.05, 3.63) is 41.0 Å². The number of likely N-dealkylation sites (N-methyl/N-ethyl adjacent to an activating group) is 1. The van der Waals surface area contributed by atoms with Crippen molar-refractivity contribution in [1.29, 1.82) is 0 Å². The Kier molecular flexibility index (Phi) is 5.36. The van der Waals surface area contributed by atoms with E-state index in [1.165, 1.54) is 23.2 Å². The third-order valence-electron chi connectivity index (χ3n) is 5.53. The molecule has 2 aromatic rings. The van der Waals surface area contributed by atoms with E-state index in [0.29, 0.717) is 6.54 Å². The highest BCUT2D eigenvalue weighted by Crippen LogP contribution is 2.36. The van der Waals surface area contributed by atoms with E-state index in [9.17, 15) is 4.79 Å². The third-order valence-corrected chi connectivity index (χ3v) is 6.67. The van der Waals surface area contributed by atoms with Gasteiger partial charge in [-0.1, -0.05) is 18.2 Å². The van der Waals surface area contributed by atoms with Gasteiger partial charge in [-0.25, -0.2) is 4.98 Å². The summed E-state index contributed by atoms with van der Waals surface area (Å²) in [6.45, 7) is 4.35. The van der Waals surface area contributed by atoms with Gasteiger partial charge >= 0.3 is 0 Å². The summed E-state index contributed by atoms with van der Waals surface area (Å²) in [7, 11) is 0. The maximum atomic E-state index is 13.0. The van der Waals surface area contributed by atoms with Crippen molar-refractivity contribution in [3.63, 3.8) is 0 Å². The maximum Gasteiger partial charge on any atom is 0.240 e. The van der Waals surface area contributed by atoms with E-state index < -0.39 is 0 Å². The lowest BCUT2D eigenvalue weighted by atomic mass is 10.0. The van der Waals surface area contributed by atoms with Crippen LogP contribution in [-0.4, -0.2) is 40.3 Å². The van der Waals surface area contributed by atoms with Gasteiger partial charge in [-0.05, 0) is 64.1 Å². The number of hydrogen-bond donors (Lipinski definition) is 0. The number of aromatic nitrogens is 1. The van der Waals surface area contributed by atoms with Gasteiger partial charge in [0, 0.05) is 12.2 Å². The fourth-order valence-electron chi connectivity index (χ4n) is 4.19. The Balaban J connectivity index is 1.49. The van der Waals surface area contributed by atoms with Crippen LogP contribution in [0.1, 0.15) is 56.5 Å². The van der Waals surface area contributed by atoms with E-state index in [0.717, 1.165) is 49.3 Å². The van der Waals surface area contributed by atoms with Crippen LogP contribution in [0.4, 0.5) is 0 Å². The standard InChI is InChI=1S/C21H27N3OS/c1-2-24(16-9-4-3-5-10-16)20(25)15-23-14-8-12-18(23)21-22-17-11-6-7-13-19(17)26-21/h6-7,9,11,13,18H,2-5,8,10,12,14-15H2,1H3. The number of benzene rings is 1. The van der Waals surface area contributed by atoms with Crippen molar-refractivity contribution in [2.75, 3.05) is 19.6 Å². The average Bonchev–Trinajstić information content (AvgIpc) is 3.29. The quantitative estimate of drug-likeness (QED) is 0.764. The first-order valence-electron chi connectivity index (χ1n) is 9.85. The van der Waals surface area contributed by atoms with Crippen LogP contribution in [0.15, 0.2) is 36.0 Å². The molecule has 1 aromatic heterocycles. The number of carbonyl (C=O) groups is 1.